The van der Waals surface area contributed by atoms with Gasteiger partial charge in [0.15, 0.2) is 0 Å². The van der Waals surface area contributed by atoms with Gasteiger partial charge in [-0.05, 0) is 56.1 Å². The Kier molecular flexibility index (Phi) is 6.86. The molecule has 1 aromatic rings. The van der Waals surface area contributed by atoms with Gasteiger partial charge in [0.1, 0.15) is 0 Å². The lowest BCUT2D eigenvalue weighted by molar-refractivity contribution is -0.121. The van der Waals surface area contributed by atoms with Gasteiger partial charge in [0.25, 0.3) is 5.91 Å². The van der Waals surface area contributed by atoms with Crippen LogP contribution in [0.5, 0.6) is 0 Å². The standard InChI is InChI=1S/C16H22BrN3O2/c17-14-4-2-13(3-5-14)16(22)20-10-9-19-15(21)6-1-12-7-8-18-11-12/h2-5,12,18H,1,6-11H2,(H,19,21)(H,20,22). The van der Waals surface area contributed by atoms with Gasteiger partial charge in [-0.2, -0.15) is 0 Å². The Morgan fingerprint density at radius 3 is 2.59 bits per heavy atom. The van der Waals surface area contributed by atoms with Crippen molar-refractivity contribution in [3.63, 3.8) is 0 Å². The maximum atomic E-state index is 11.9. The van der Waals surface area contributed by atoms with Gasteiger partial charge < -0.3 is 16.0 Å². The Morgan fingerprint density at radius 1 is 1.18 bits per heavy atom. The minimum atomic E-state index is -0.126. The summed E-state index contributed by atoms with van der Waals surface area (Å²) in [4.78, 5) is 23.6. The molecule has 0 saturated carbocycles. The lowest BCUT2D eigenvalue weighted by Crippen LogP contribution is -2.34. The van der Waals surface area contributed by atoms with E-state index in [0.29, 0.717) is 31.0 Å². The maximum absolute atomic E-state index is 11.9. The molecule has 1 atom stereocenters. The van der Waals surface area contributed by atoms with E-state index in [1.54, 1.807) is 12.1 Å². The van der Waals surface area contributed by atoms with Crippen molar-refractivity contribution in [2.24, 2.45) is 5.92 Å². The fourth-order valence-corrected chi connectivity index (χ4v) is 2.73. The lowest BCUT2D eigenvalue weighted by atomic mass is 10.0. The van der Waals surface area contributed by atoms with Crippen molar-refractivity contribution in [3.05, 3.63) is 34.3 Å². The van der Waals surface area contributed by atoms with Crippen LogP contribution in [0, 0.1) is 5.92 Å². The minimum absolute atomic E-state index is 0.0600. The molecule has 3 N–H and O–H groups in total. The number of amides is 2. The molecular weight excluding hydrogens is 346 g/mol. The Morgan fingerprint density at radius 2 is 1.91 bits per heavy atom. The van der Waals surface area contributed by atoms with E-state index in [1.807, 2.05) is 12.1 Å². The molecule has 120 valence electrons. The maximum Gasteiger partial charge on any atom is 0.251 e. The molecule has 0 radical (unpaired) electrons. The number of nitrogens with one attached hydrogen (secondary N) is 3. The molecule has 1 aliphatic rings. The van der Waals surface area contributed by atoms with Crippen LogP contribution in [0.15, 0.2) is 28.7 Å². The minimum Gasteiger partial charge on any atom is -0.354 e. The molecule has 0 aromatic heterocycles. The molecule has 1 saturated heterocycles. The van der Waals surface area contributed by atoms with Crippen molar-refractivity contribution in [1.82, 2.24) is 16.0 Å². The van der Waals surface area contributed by atoms with Crippen molar-refractivity contribution >= 4 is 27.7 Å². The summed E-state index contributed by atoms with van der Waals surface area (Å²) in [5, 5.41) is 8.93. The zero-order valence-electron chi connectivity index (χ0n) is 12.5. The van der Waals surface area contributed by atoms with Crippen LogP contribution < -0.4 is 16.0 Å². The molecule has 5 nitrogen and oxygen atoms in total. The summed E-state index contributed by atoms with van der Waals surface area (Å²) in [5.74, 6) is 0.562. The monoisotopic (exact) mass is 367 g/mol. The Balaban J connectivity index is 1.57. The average Bonchev–Trinajstić information content (AvgIpc) is 3.03. The SMILES string of the molecule is O=C(CCC1CCNC1)NCCNC(=O)c1ccc(Br)cc1. The van der Waals surface area contributed by atoms with Gasteiger partial charge in [-0.25, -0.2) is 0 Å². The summed E-state index contributed by atoms with van der Waals surface area (Å²) in [6.07, 6.45) is 2.66. The predicted molar refractivity (Wildman–Crippen MR) is 89.7 cm³/mol. The number of halogens is 1. The molecule has 1 unspecified atom stereocenters. The Bertz CT molecular complexity index is 499. The number of rotatable bonds is 7. The van der Waals surface area contributed by atoms with E-state index in [-0.39, 0.29) is 11.8 Å². The smallest absolute Gasteiger partial charge is 0.251 e. The van der Waals surface area contributed by atoms with E-state index in [2.05, 4.69) is 31.9 Å². The van der Waals surface area contributed by atoms with E-state index in [1.165, 1.54) is 0 Å². The van der Waals surface area contributed by atoms with Gasteiger partial charge in [0.05, 0.1) is 0 Å². The third-order valence-electron chi connectivity index (χ3n) is 3.78. The first kappa shape index (κ1) is 17.0. The van der Waals surface area contributed by atoms with E-state index in [4.69, 9.17) is 0 Å². The van der Waals surface area contributed by atoms with Crippen LogP contribution in [0.1, 0.15) is 29.6 Å². The third-order valence-corrected chi connectivity index (χ3v) is 4.31. The highest BCUT2D eigenvalue weighted by Gasteiger charge is 2.15. The Hall–Kier alpha value is -1.40. The predicted octanol–water partition coefficient (Wildman–Crippen LogP) is 1.68. The topological polar surface area (TPSA) is 70.2 Å². The van der Waals surface area contributed by atoms with Crippen LogP contribution >= 0.6 is 15.9 Å². The highest BCUT2D eigenvalue weighted by molar-refractivity contribution is 9.10. The highest BCUT2D eigenvalue weighted by atomic mass is 79.9. The molecule has 2 amide bonds. The van der Waals surface area contributed by atoms with Crippen molar-refractivity contribution in [1.29, 1.82) is 0 Å². The second kappa shape index (κ2) is 8.90. The van der Waals surface area contributed by atoms with Crippen LogP contribution in [0.3, 0.4) is 0 Å². The molecule has 0 bridgehead atoms. The summed E-state index contributed by atoms with van der Waals surface area (Å²) >= 11 is 3.33. The van der Waals surface area contributed by atoms with Gasteiger partial charge >= 0.3 is 0 Å². The Labute approximate surface area is 139 Å². The van der Waals surface area contributed by atoms with Gasteiger partial charge in [-0.15, -0.1) is 0 Å². The molecular formula is C16H22BrN3O2. The van der Waals surface area contributed by atoms with Crippen molar-refractivity contribution in [3.8, 4) is 0 Å². The van der Waals surface area contributed by atoms with Crippen molar-refractivity contribution in [2.45, 2.75) is 19.3 Å². The van der Waals surface area contributed by atoms with Crippen LogP contribution in [-0.4, -0.2) is 38.0 Å². The van der Waals surface area contributed by atoms with Gasteiger partial charge in [0, 0.05) is 29.5 Å². The van der Waals surface area contributed by atoms with Crippen LogP contribution in [-0.2, 0) is 4.79 Å². The van der Waals surface area contributed by atoms with Crippen molar-refractivity contribution in [2.75, 3.05) is 26.2 Å². The van der Waals surface area contributed by atoms with Crippen LogP contribution in [0.4, 0.5) is 0 Å². The quantitative estimate of drug-likeness (QED) is 0.642. The summed E-state index contributed by atoms with van der Waals surface area (Å²) in [5.41, 5.74) is 0.614. The van der Waals surface area contributed by atoms with E-state index in [0.717, 1.165) is 30.4 Å². The van der Waals surface area contributed by atoms with Gasteiger partial charge in [-0.3, -0.25) is 9.59 Å². The average molecular weight is 368 g/mol. The van der Waals surface area contributed by atoms with E-state index >= 15 is 0 Å². The summed E-state index contributed by atoms with van der Waals surface area (Å²) < 4.78 is 0.939. The molecule has 1 fully saturated rings. The first-order valence-corrected chi connectivity index (χ1v) is 8.45. The molecule has 2 rings (SSSR count). The molecule has 22 heavy (non-hydrogen) atoms. The number of carbonyl (C=O) groups is 2. The fourth-order valence-electron chi connectivity index (χ4n) is 2.47. The highest BCUT2D eigenvalue weighted by Crippen LogP contribution is 2.13. The number of carbonyl (C=O) groups excluding carboxylic acids is 2. The molecule has 0 aliphatic carbocycles. The summed E-state index contributed by atoms with van der Waals surface area (Å²) in [7, 11) is 0. The normalized spacial score (nSPS) is 17.2. The molecule has 1 heterocycles. The first-order chi connectivity index (χ1) is 10.6. The van der Waals surface area contributed by atoms with Gasteiger partial charge in [0.2, 0.25) is 5.91 Å². The zero-order chi connectivity index (χ0) is 15.8. The van der Waals surface area contributed by atoms with Crippen LogP contribution in [0.2, 0.25) is 0 Å². The van der Waals surface area contributed by atoms with Crippen molar-refractivity contribution < 1.29 is 9.59 Å². The summed E-state index contributed by atoms with van der Waals surface area (Å²) in [6.45, 7) is 2.99. The number of benzene rings is 1. The first-order valence-electron chi connectivity index (χ1n) is 7.66. The van der Waals surface area contributed by atoms with Gasteiger partial charge in [-0.1, -0.05) is 15.9 Å². The number of hydrogen-bond donors (Lipinski definition) is 3. The number of hydrogen-bond acceptors (Lipinski definition) is 3. The van der Waals surface area contributed by atoms with Crippen LogP contribution in [0.25, 0.3) is 0 Å². The third kappa shape index (κ3) is 5.77. The zero-order valence-corrected chi connectivity index (χ0v) is 14.1. The second-order valence-electron chi connectivity index (χ2n) is 5.51. The van der Waals surface area contributed by atoms with E-state index in [9.17, 15) is 9.59 Å². The largest absolute Gasteiger partial charge is 0.354 e. The van der Waals surface area contributed by atoms with E-state index < -0.39 is 0 Å². The second-order valence-corrected chi connectivity index (χ2v) is 6.43. The summed E-state index contributed by atoms with van der Waals surface area (Å²) in [6, 6.07) is 7.17. The molecule has 1 aromatic carbocycles. The lowest BCUT2D eigenvalue weighted by Gasteiger charge is -2.09. The fraction of sp³-hybridized carbons (Fsp3) is 0.500. The molecule has 0 spiro atoms. The molecule has 1 aliphatic heterocycles. The molecule has 6 heteroatoms.